The van der Waals surface area contributed by atoms with E-state index in [0.29, 0.717) is 13.2 Å². The number of rotatable bonds is 6. The lowest BCUT2D eigenvalue weighted by Gasteiger charge is -2.25. The SMILES string of the molecule is Cc1cc(COCCN2CCCCC2)oc1CN. The van der Waals surface area contributed by atoms with Crippen LogP contribution in [0.4, 0.5) is 0 Å². The van der Waals surface area contributed by atoms with Crippen LogP contribution < -0.4 is 5.73 Å². The Morgan fingerprint density at radius 1 is 1.33 bits per heavy atom. The van der Waals surface area contributed by atoms with Crippen molar-refractivity contribution < 1.29 is 9.15 Å². The van der Waals surface area contributed by atoms with Gasteiger partial charge in [0, 0.05) is 6.54 Å². The highest BCUT2D eigenvalue weighted by molar-refractivity contribution is 5.19. The molecule has 1 aliphatic rings. The molecule has 18 heavy (non-hydrogen) atoms. The van der Waals surface area contributed by atoms with Gasteiger partial charge in [-0.2, -0.15) is 0 Å². The highest BCUT2D eigenvalue weighted by atomic mass is 16.5. The van der Waals surface area contributed by atoms with Gasteiger partial charge < -0.3 is 19.8 Å². The van der Waals surface area contributed by atoms with Gasteiger partial charge in [0.1, 0.15) is 18.1 Å². The van der Waals surface area contributed by atoms with Crippen LogP contribution in [-0.4, -0.2) is 31.1 Å². The fourth-order valence-electron chi connectivity index (χ4n) is 2.41. The van der Waals surface area contributed by atoms with Crippen molar-refractivity contribution in [3.8, 4) is 0 Å². The van der Waals surface area contributed by atoms with Gasteiger partial charge in [0.25, 0.3) is 0 Å². The molecule has 1 fully saturated rings. The third-order valence-corrected chi connectivity index (χ3v) is 3.50. The van der Waals surface area contributed by atoms with Crippen molar-refractivity contribution in [3.05, 3.63) is 23.2 Å². The number of likely N-dealkylation sites (tertiary alicyclic amines) is 1. The van der Waals surface area contributed by atoms with Crippen molar-refractivity contribution in [2.75, 3.05) is 26.2 Å². The summed E-state index contributed by atoms with van der Waals surface area (Å²) in [7, 11) is 0. The second-order valence-corrected chi connectivity index (χ2v) is 4.98. The third kappa shape index (κ3) is 3.83. The average molecular weight is 252 g/mol. The summed E-state index contributed by atoms with van der Waals surface area (Å²) in [6.07, 6.45) is 4.04. The Hall–Kier alpha value is -0.840. The first kappa shape index (κ1) is 13.6. The van der Waals surface area contributed by atoms with E-state index >= 15 is 0 Å². The van der Waals surface area contributed by atoms with E-state index in [-0.39, 0.29) is 0 Å². The summed E-state index contributed by atoms with van der Waals surface area (Å²) < 4.78 is 11.3. The average Bonchev–Trinajstić information content (AvgIpc) is 2.76. The van der Waals surface area contributed by atoms with Gasteiger partial charge >= 0.3 is 0 Å². The second kappa shape index (κ2) is 6.92. The predicted molar refractivity (Wildman–Crippen MR) is 71.3 cm³/mol. The fraction of sp³-hybridized carbons (Fsp3) is 0.714. The molecule has 1 aromatic rings. The molecule has 0 radical (unpaired) electrons. The van der Waals surface area contributed by atoms with Crippen LogP contribution in [-0.2, 0) is 17.9 Å². The number of furan rings is 1. The van der Waals surface area contributed by atoms with Gasteiger partial charge in [0.2, 0.25) is 0 Å². The number of hydrogen-bond acceptors (Lipinski definition) is 4. The van der Waals surface area contributed by atoms with Crippen molar-refractivity contribution in [3.63, 3.8) is 0 Å². The van der Waals surface area contributed by atoms with Gasteiger partial charge in [-0.05, 0) is 44.5 Å². The van der Waals surface area contributed by atoms with E-state index in [1.54, 1.807) is 0 Å². The van der Waals surface area contributed by atoms with Crippen LogP contribution >= 0.6 is 0 Å². The molecule has 0 amide bonds. The molecule has 1 aliphatic heterocycles. The Labute approximate surface area is 109 Å². The molecule has 1 aromatic heterocycles. The van der Waals surface area contributed by atoms with Crippen LogP contribution in [0.25, 0.3) is 0 Å². The molecule has 0 aromatic carbocycles. The lowest BCUT2D eigenvalue weighted by Crippen LogP contribution is -2.32. The summed E-state index contributed by atoms with van der Waals surface area (Å²) in [5.41, 5.74) is 6.69. The molecular formula is C14H24N2O2. The number of aryl methyl sites for hydroxylation is 1. The molecule has 0 aliphatic carbocycles. The topological polar surface area (TPSA) is 51.6 Å². The number of ether oxygens (including phenoxy) is 1. The monoisotopic (exact) mass is 252 g/mol. The minimum atomic E-state index is 0.458. The number of hydrogen-bond donors (Lipinski definition) is 1. The van der Waals surface area contributed by atoms with E-state index in [0.717, 1.165) is 30.2 Å². The Morgan fingerprint density at radius 3 is 2.78 bits per heavy atom. The maximum absolute atomic E-state index is 5.66. The Bertz CT molecular complexity index is 357. The van der Waals surface area contributed by atoms with Crippen molar-refractivity contribution in [1.82, 2.24) is 4.90 Å². The predicted octanol–water partition coefficient (Wildman–Crippen LogP) is 2.05. The molecule has 102 valence electrons. The van der Waals surface area contributed by atoms with E-state index in [1.807, 2.05) is 13.0 Å². The molecule has 4 nitrogen and oxygen atoms in total. The minimum absolute atomic E-state index is 0.458. The van der Waals surface area contributed by atoms with Crippen molar-refractivity contribution in [2.45, 2.75) is 39.3 Å². The highest BCUT2D eigenvalue weighted by Crippen LogP contribution is 2.14. The van der Waals surface area contributed by atoms with Crippen LogP contribution in [0.2, 0.25) is 0 Å². The summed E-state index contributed by atoms with van der Waals surface area (Å²) in [4.78, 5) is 2.47. The third-order valence-electron chi connectivity index (χ3n) is 3.50. The van der Waals surface area contributed by atoms with Gasteiger partial charge in [-0.15, -0.1) is 0 Å². The zero-order chi connectivity index (χ0) is 12.8. The largest absolute Gasteiger partial charge is 0.462 e. The molecule has 0 spiro atoms. The van der Waals surface area contributed by atoms with Crippen LogP contribution in [0.15, 0.2) is 10.5 Å². The summed E-state index contributed by atoms with van der Waals surface area (Å²) in [6.45, 7) is 7.28. The number of nitrogens with zero attached hydrogens (tertiary/aromatic N) is 1. The van der Waals surface area contributed by atoms with Gasteiger partial charge in [-0.1, -0.05) is 6.42 Å². The van der Waals surface area contributed by atoms with Gasteiger partial charge in [0.05, 0.1) is 13.2 Å². The van der Waals surface area contributed by atoms with E-state index in [2.05, 4.69) is 4.90 Å². The second-order valence-electron chi connectivity index (χ2n) is 4.98. The zero-order valence-electron chi connectivity index (χ0n) is 11.3. The molecule has 0 atom stereocenters. The summed E-state index contributed by atoms with van der Waals surface area (Å²) >= 11 is 0. The van der Waals surface area contributed by atoms with Gasteiger partial charge in [0.15, 0.2) is 0 Å². The summed E-state index contributed by atoms with van der Waals surface area (Å²) in [6, 6.07) is 2.02. The molecule has 0 saturated carbocycles. The zero-order valence-corrected chi connectivity index (χ0v) is 11.3. The summed E-state index contributed by atoms with van der Waals surface area (Å²) in [5.74, 6) is 1.75. The maximum atomic E-state index is 5.66. The highest BCUT2D eigenvalue weighted by Gasteiger charge is 2.10. The van der Waals surface area contributed by atoms with E-state index in [1.165, 1.54) is 32.4 Å². The van der Waals surface area contributed by atoms with E-state index in [9.17, 15) is 0 Å². The quantitative estimate of drug-likeness (QED) is 0.787. The van der Waals surface area contributed by atoms with Crippen LogP contribution in [0.1, 0.15) is 36.3 Å². The van der Waals surface area contributed by atoms with Gasteiger partial charge in [-0.25, -0.2) is 0 Å². The van der Waals surface area contributed by atoms with Crippen LogP contribution in [0, 0.1) is 6.92 Å². The van der Waals surface area contributed by atoms with Crippen LogP contribution in [0.3, 0.4) is 0 Å². The smallest absolute Gasteiger partial charge is 0.130 e. The molecule has 2 N–H and O–H groups in total. The number of nitrogens with two attached hydrogens (primary N) is 1. The van der Waals surface area contributed by atoms with E-state index in [4.69, 9.17) is 14.9 Å². The first-order valence-electron chi connectivity index (χ1n) is 6.88. The lowest BCUT2D eigenvalue weighted by atomic mass is 10.1. The van der Waals surface area contributed by atoms with Crippen molar-refractivity contribution >= 4 is 0 Å². The Kier molecular flexibility index (Phi) is 5.23. The molecule has 1 saturated heterocycles. The first-order chi connectivity index (χ1) is 8.79. The standard InChI is InChI=1S/C14H24N2O2/c1-12-9-13(18-14(12)10-15)11-17-8-7-16-5-3-2-4-6-16/h9H,2-8,10-11,15H2,1H3. The maximum Gasteiger partial charge on any atom is 0.130 e. The molecule has 4 heteroatoms. The van der Waals surface area contributed by atoms with Crippen molar-refractivity contribution in [2.24, 2.45) is 5.73 Å². The first-order valence-corrected chi connectivity index (χ1v) is 6.88. The Balaban J connectivity index is 1.65. The minimum Gasteiger partial charge on any atom is -0.462 e. The summed E-state index contributed by atoms with van der Waals surface area (Å²) in [5, 5.41) is 0. The molecule has 2 heterocycles. The Morgan fingerprint density at radius 2 is 2.11 bits per heavy atom. The molecular weight excluding hydrogens is 228 g/mol. The fourth-order valence-corrected chi connectivity index (χ4v) is 2.41. The lowest BCUT2D eigenvalue weighted by molar-refractivity contribution is 0.0759. The van der Waals surface area contributed by atoms with Gasteiger partial charge in [-0.3, -0.25) is 0 Å². The van der Waals surface area contributed by atoms with Crippen molar-refractivity contribution in [1.29, 1.82) is 0 Å². The molecule has 0 unspecified atom stereocenters. The number of piperidine rings is 1. The molecule has 0 bridgehead atoms. The van der Waals surface area contributed by atoms with E-state index < -0.39 is 0 Å². The molecule has 2 rings (SSSR count). The van der Waals surface area contributed by atoms with Crippen LogP contribution in [0.5, 0.6) is 0 Å². The normalized spacial score (nSPS) is 17.2.